The number of hydrogen-bond donors (Lipinski definition) is 1. The molecule has 1 aliphatic heterocycles. The van der Waals surface area contributed by atoms with Crippen LogP contribution in [-0.4, -0.2) is 37.8 Å². The van der Waals surface area contributed by atoms with Gasteiger partial charge in [0.05, 0.1) is 6.04 Å². The van der Waals surface area contributed by atoms with Crippen molar-refractivity contribution in [3.63, 3.8) is 0 Å². The van der Waals surface area contributed by atoms with E-state index in [1.54, 1.807) is 0 Å². The fourth-order valence-corrected chi connectivity index (χ4v) is 2.67. The molecule has 0 radical (unpaired) electrons. The molecule has 1 fully saturated rings. The van der Waals surface area contributed by atoms with E-state index in [1.165, 1.54) is 3.57 Å². The molecule has 0 bridgehead atoms. The summed E-state index contributed by atoms with van der Waals surface area (Å²) in [6.45, 7) is 3.47. The zero-order valence-corrected chi connectivity index (χ0v) is 12.5. The van der Waals surface area contributed by atoms with E-state index < -0.39 is 0 Å². The second-order valence-corrected chi connectivity index (χ2v) is 5.26. The highest BCUT2D eigenvalue weighted by atomic mass is 127. The van der Waals surface area contributed by atoms with Crippen molar-refractivity contribution in [2.24, 2.45) is 0 Å². The van der Waals surface area contributed by atoms with Crippen LogP contribution in [0.1, 0.15) is 11.6 Å². The topological polar surface area (TPSA) is 15.3 Å². The van der Waals surface area contributed by atoms with Gasteiger partial charge in [0.1, 0.15) is 6.67 Å². The molecule has 5 heteroatoms. The fourth-order valence-electron chi connectivity index (χ4n) is 2.11. The van der Waals surface area contributed by atoms with Gasteiger partial charge in [-0.25, -0.2) is 4.39 Å². The minimum atomic E-state index is -0.305. The van der Waals surface area contributed by atoms with E-state index in [1.807, 2.05) is 18.2 Å². The Kier molecular flexibility index (Phi) is 6.69. The van der Waals surface area contributed by atoms with Crippen molar-refractivity contribution in [3.8, 4) is 0 Å². The Labute approximate surface area is 122 Å². The number of nitrogens with one attached hydrogen (secondary N) is 1. The summed E-state index contributed by atoms with van der Waals surface area (Å²) in [6.07, 6.45) is 0. The lowest BCUT2D eigenvalue weighted by Crippen LogP contribution is -2.45. The molecule has 2 nitrogen and oxygen atoms in total. The monoisotopic (exact) mass is 370 g/mol. The standard InChI is InChI=1S/C12H16FIN2.ClH/c13-9-12(16-6-4-15-5-7-16)10-2-1-3-11(14)8-10;/h1-3,8,12,15H,4-7,9H2;1H/t12-;/m0./s1. The Hall–Kier alpha value is 0.0900. The predicted molar refractivity (Wildman–Crippen MR) is 79.6 cm³/mol. The van der Waals surface area contributed by atoms with Gasteiger partial charge in [-0.15, -0.1) is 12.4 Å². The van der Waals surface area contributed by atoms with Crippen LogP contribution in [0.25, 0.3) is 0 Å². The van der Waals surface area contributed by atoms with Crippen molar-refractivity contribution < 1.29 is 4.39 Å². The normalized spacial score (nSPS) is 18.5. The lowest BCUT2D eigenvalue weighted by Gasteiger charge is -2.33. The molecule has 96 valence electrons. The smallest absolute Gasteiger partial charge is 0.109 e. The van der Waals surface area contributed by atoms with Crippen LogP contribution < -0.4 is 5.32 Å². The number of nitrogens with zero attached hydrogens (tertiary/aromatic N) is 1. The Balaban J connectivity index is 0.00000144. The zero-order chi connectivity index (χ0) is 11.4. The highest BCUT2D eigenvalue weighted by molar-refractivity contribution is 14.1. The molecule has 17 heavy (non-hydrogen) atoms. The number of rotatable bonds is 3. The molecule has 0 aliphatic carbocycles. The maximum absolute atomic E-state index is 13.2. The van der Waals surface area contributed by atoms with Crippen molar-refractivity contribution in [3.05, 3.63) is 33.4 Å². The summed E-state index contributed by atoms with van der Waals surface area (Å²) in [4.78, 5) is 2.22. The molecule has 1 aromatic rings. The summed E-state index contributed by atoms with van der Waals surface area (Å²) in [5.41, 5.74) is 1.09. The molecule has 1 aliphatic rings. The van der Waals surface area contributed by atoms with Crippen LogP contribution in [0.4, 0.5) is 4.39 Å². The molecule has 0 saturated carbocycles. The van der Waals surface area contributed by atoms with Crippen LogP contribution in [0.15, 0.2) is 24.3 Å². The lowest BCUT2D eigenvalue weighted by atomic mass is 10.1. The number of piperazine rings is 1. The van der Waals surface area contributed by atoms with Crippen LogP contribution in [0.2, 0.25) is 0 Å². The summed E-state index contributed by atoms with van der Waals surface area (Å²) >= 11 is 2.27. The van der Waals surface area contributed by atoms with Crippen molar-refractivity contribution >= 4 is 35.0 Å². The summed E-state index contributed by atoms with van der Waals surface area (Å²) in [5, 5.41) is 3.29. The molecule has 1 saturated heterocycles. The molecule has 0 amide bonds. The van der Waals surface area contributed by atoms with E-state index in [4.69, 9.17) is 0 Å². The van der Waals surface area contributed by atoms with Gasteiger partial charge in [-0.05, 0) is 40.3 Å². The molecular formula is C12H17ClFIN2. The fraction of sp³-hybridized carbons (Fsp3) is 0.500. The Morgan fingerprint density at radius 2 is 2.06 bits per heavy atom. The quantitative estimate of drug-likeness (QED) is 0.823. The van der Waals surface area contributed by atoms with Gasteiger partial charge in [-0.3, -0.25) is 4.90 Å². The third kappa shape index (κ3) is 4.05. The number of alkyl halides is 1. The molecule has 2 rings (SSSR count). The van der Waals surface area contributed by atoms with Crippen LogP contribution in [0, 0.1) is 3.57 Å². The minimum Gasteiger partial charge on any atom is -0.314 e. The van der Waals surface area contributed by atoms with Crippen LogP contribution >= 0.6 is 35.0 Å². The maximum Gasteiger partial charge on any atom is 0.109 e. The SMILES string of the molecule is Cl.FC[C@@H](c1cccc(I)c1)N1CCNCC1. The third-order valence-electron chi connectivity index (χ3n) is 2.97. The highest BCUT2D eigenvalue weighted by Gasteiger charge is 2.21. The molecule has 1 atom stereocenters. The van der Waals surface area contributed by atoms with Gasteiger partial charge in [0.2, 0.25) is 0 Å². The average molecular weight is 371 g/mol. The van der Waals surface area contributed by atoms with Crippen molar-refractivity contribution in [2.75, 3.05) is 32.9 Å². The first kappa shape index (κ1) is 15.1. The molecule has 1 heterocycles. The molecule has 1 aromatic carbocycles. The van der Waals surface area contributed by atoms with Crippen LogP contribution in [0.5, 0.6) is 0 Å². The number of hydrogen-bond acceptors (Lipinski definition) is 2. The van der Waals surface area contributed by atoms with E-state index in [0.29, 0.717) is 0 Å². The molecule has 0 unspecified atom stereocenters. The summed E-state index contributed by atoms with van der Waals surface area (Å²) in [5.74, 6) is 0. The molecule has 0 spiro atoms. The van der Waals surface area contributed by atoms with E-state index in [9.17, 15) is 4.39 Å². The van der Waals surface area contributed by atoms with Crippen LogP contribution in [0.3, 0.4) is 0 Å². The van der Waals surface area contributed by atoms with Gasteiger partial charge in [0, 0.05) is 29.7 Å². The van der Waals surface area contributed by atoms with Gasteiger partial charge >= 0.3 is 0 Å². The average Bonchev–Trinajstić information content (AvgIpc) is 2.31. The second kappa shape index (κ2) is 7.51. The van der Waals surface area contributed by atoms with Gasteiger partial charge in [0.15, 0.2) is 0 Å². The first-order valence-corrected chi connectivity index (χ1v) is 6.65. The van der Waals surface area contributed by atoms with Gasteiger partial charge < -0.3 is 5.32 Å². The molecule has 1 N–H and O–H groups in total. The van der Waals surface area contributed by atoms with Crippen molar-refractivity contribution in [2.45, 2.75) is 6.04 Å². The summed E-state index contributed by atoms with van der Waals surface area (Å²) in [6, 6.07) is 8.07. The largest absolute Gasteiger partial charge is 0.314 e. The van der Waals surface area contributed by atoms with Gasteiger partial charge in [0.25, 0.3) is 0 Å². The van der Waals surface area contributed by atoms with Gasteiger partial charge in [-0.1, -0.05) is 12.1 Å². The van der Waals surface area contributed by atoms with Crippen LogP contribution in [-0.2, 0) is 0 Å². The predicted octanol–water partition coefficient (Wildman–Crippen LogP) is 2.63. The molecule has 0 aromatic heterocycles. The van der Waals surface area contributed by atoms with Crippen molar-refractivity contribution in [1.29, 1.82) is 0 Å². The minimum absolute atomic E-state index is 0. The highest BCUT2D eigenvalue weighted by Crippen LogP contribution is 2.23. The maximum atomic E-state index is 13.2. The van der Waals surface area contributed by atoms with E-state index >= 15 is 0 Å². The van der Waals surface area contributed by atoms with E-state index in [0.717, 1.165) is 31.7 Å². The van der Waals surface area contributed by atoms with Crippen molar-refractivity contribution in [1.82, 2.24) is 10.2 Å². The van der Waals surface area contributed by atoms with Gasteiger partial charge in [-0.2, -0.15) is 0 Å². The number of benzene rings is 1. The first-order chi connectivity index (χ1) is 7.81. The lowest BCUT2D eigenvalue weighted by molar-refractivity contribution is 0.147. The zero-order valence-electron chi connectivity index (χ0n) is 9.53. The Morgan fingerprint density at radius 1 is 1.35 bits per heavy atom. The van der Waals surface area contributed by atoms with E-state index in [-0.39, 0.29) is 25.1 Å². The summed E-state index contributed by atoms with van der Waals surface area (Å²) < 4.78 is 14.4. The second-order valence-electron chi connectivity index (χ2n) is 4.01. The first-order valence-electron chi connectivity index (χ1n) is 5.57. The van der Waals surface area contributed by atoms with E-state index in [2.05, 4.69) is 38.9 Å². The Bertz CT molecular complexity index is 345. The summed E-state index contributed by atoms with van der Waals surface area (Å²) in [7, 11) is 0. The molecular weight excluding hydrogens is 354 g/mol. The third-order valence-corrected chi connectivity index (χ3v) is 3.64. The number of halogens is 3. The Morgan fingerprint density at radius 3 is 2.65 bits per heavy atom.